The zero-order valence-electron chi connectivity index (χ0n) is 11.3. The first-order valence-corrected chi connectivity index (χ1v) is 6.21. The van der Waals surface area contributed by atoms with Crippen molar-refractivity contribution in [2.24, 2.45) is 7.05 Å². The Morgan fingerprint density at radius 2 is 2.12 bits per heavy atom. The van der Waals surface area contributed by atoms with Crippen molar-refractivity contribution in [3.63, 3.8) is 0 Å². The van der Waals surface area contributed by atoms with Crippen molar-refractivity contribution in [1.29, 1.82) is 0 Å². The van der Waals surface area contributed by atoms with Gasteiger partial charge in [0.15, 0.2) is 0 Å². The van der Waals surface area contributed by atoms with Crippen molar-refractivity contribution in [3.05, 3.63) is 5.69 Å². The average molecular weight is 237 g/mol. The average Bonchev–Trinajstić information content (AvgIpc) is 2.53. The summed E-state index contributed by atoms with van der Waals surface area (Å²) >= 11 is 0. The number of nitrogen functional groups attached to an aromatic ring is 1. The summed E-state index contributed by atoms with van der Waals surface area (Å²) in [6, 6.07) is 0.610. The fourth-order valence-corrected chi connectivity index (χ4v) is 2.61. The minimum atomic E-state index is 0.610. The third-order valence-electron chi connectivity index (χ3n) is 3.66. The van der Waals surface area contributed by atoms with Crippen molar-refractivity contribution >= 4 is 11.5 Å². The topological polar surface area (TPSA) is 50.3 Å². The van der Waals surface area contributed by atoms with Gasteiger partial charge in [0.2, 0.25) is 0 Å². The number of nitrogens with zero attached hydrogens (tertiary/aromatic N) is 4. The SMILES string of the molecule is Cc1nn(C)c(N2CCCC(N(C)C)C2)c1N. The molecule has 1 atom stereocenters. The molecule has 0 saturated carbocycles. The van der Waals surface area contributed by atoms with Gasteiger partial charge in [-0.25, -0.2) is 0 Å². The molecule has 1 fully saturated rings. The molecule has 0 amide bonds. The Labute approximate surface area is 103 Å². The van der Waals surface area contributed by atoms with E-state index in [1.165, 1.54) is 12.8 Å². The molecule has 5 nitrogen and oxygen atoms in total. The third kappa shape index (κ3) is 2.24. The molecule has 96 valence electrons. The van der Waals surface area contributed by atoms with Gasteiger partial charge in [-0.3, -0.25) is 4.68 Å². The Bertz CT molecular complexity index is 396. The van der Waals surface area contributed by atoms with Crippen LogP contribution < -0.4 is 10.6 Å². The summed E-state index contributed by atoms with van der Waals surface area (Å²) in [5.41, 5.74) is 7.87. The first-order valence-electron chi connectivity index (χ1n) is 6.21. The van der Waals surface area contributed by atoms with Crippen LogP contribution in [0.2, 0.25) is 0 Å². The zero-order valence-corrected chi connectivity index (χ0v) is 11.3. The molecule has 2 heterocycles. The largest absolute Gasteiger partial charge is 0.394 e. The molecule has 1 aliphatic heterocycles. The molecule has 1 saturated heterocycles. The van der Waals surface area contributed by atoms with Gasteiger partial charge >= 0.3 is 0 Å². The van der Waals surface area contributed by atoms with Crippen molar-refractivity contribution < 1.29 is 0 Å². The molecule has 17 heavy (non-hydrogen) atoms. The van der Waals surface area contributed by atoms with Crippen LogP contribution in [0.4, 0.5) is 11.5 Å². The normalized spacial score (nSPS) is 21.2. The standard InChI is InChI=1S/C12H23N5/c1-9-11(13)12(16(4)14-9)17-7-5-6-10(8-17)15(2)3/h10H,5-8,13H2,1-4H3. The number of aromatic nitrogens is 2. The van der Waals surface area contributed by atoms with E-state index in [-0.39, 0.29) is 0 Å². The molecule has 0 spiro atoms. The number of hydrogen-bond donors (Lipinski definition) is 1. The van der Waals surface area contributed by atoms with Crippen molar-refractivity contribution in [2.45, 2.75) is 25.8 Å². The number of likely N-dealkylation sites (N-methyl/N-ethyl adjacent to an activating group) is 1. The molecule has 1 unspecified atom stereocenters. The third-order valence-corrected chi connectivity index (χ3v) is 3.66. The lowest BCUT2D eigenvalue weighted by Gasteiger charge is -2.37. The fraction of sp³-hybridized carbons (Fsp3) is 0.750. The first-order chi connectivity index (χ1) is 8.00. The fourth-order valence-electron chi connectivity index (χ4n) is 2.61. The quantitative estimate of drug-likeness (QED) is 0.828. The Hall–Kier alpha value is -1.23. The second-order valence-electron chi connectivity index (χ2n) is 5.15. The summed E-state index contributed by atoms with van der Waals surface area (Å²) in [5.74, 6) is 1.08. The molecule has 1 aromatic rings. The summed E-state index contributed by atoms with van der Waals surface area (Å²) in [6.07, 6.45) is 2.48. The van der Waals surface area contributed by atoms with Gasteiger partial charge in [0.25, 0.3) is 0 Å². The van der Waals surface area contributed by atoms with E-state index in [0.717, 1.165) is 30.3 Å². The molecule has 0 bridgehead atoms. The van der Waals surface area contributed by atoms with E-state index >= 15 is 0 Å². The van der Waals surface area contributed by atoms with Gasteiger partial charge in [-0.15, -0.1) is 0 Å². The number of hydrogen-bond acceptors (Lipinski definition) is 4. The van der Waals surface area contributed by atoms with E-state index in [1.54, 1.807) is 0 Å². The van der Waals surface area contributed by atoms with Crippen LogP contribution in [0.5, 0.6) is 0 Å². The molecule has 5 heteroatoms. The molecule has 0 aromatic carbocycles. The molecule has 2 rings (SSSR count). The van der Waals surface area contributed by atoms with E-state index in [1.807, 2.05) is 18.7 Å². The van der Waals surface area contributed by atoms with E-state index in [4.69, 9.17) is 5.73 Å². The van der Waals surface area contributed by atoms with Gasteiger partial charge in [-0.1, -0.05) is 0 Å². The zero-order chi connectivity index (χ0) is 12.6. The molecule has 0 aliphatic carbocycles. The number of piperidine rings is 1. The minimum Gasteiger partial charge on any atom is -0.394 e. The van der Waals surface area contributed by atoms with Crippen LogP contribution in [0.3, 0.4) is 0 Å². The monoisotopic (exact) mass is 237 g/mol. The Kier molecular flexibility index (Phi) is 3.28. The number of aryl methyl sites for hydroxylation is 2. The predicted octanol–water partition coefficient (Wildman–Crippen LogP) is 0.841. The van der Waals surface area contributed by atoms with Crippen LogP contribution in [-0.4, -0.2) is 47.9 Å². The lowest BCUT2D eigenvalue weighted by Crippen LogP contribution is -2.45. The predicted molar refractivity (Wildman–Crippen MR) is 71.3 cm³/mol. The molecular weight excluding hydrogens is 214 g/mol. The second kappa shape index (κ2) is 4.56. The Morgan fingerprint density at radius 3 is 2.65 bits per heavy atom. The summed E-state index contributed by atoms with van der Waals surface area (Å²) in [7, 11) is 6.26. The molecule has 0 radical (unpaired) electrons. The number of rotatable bonds is 2. The summed E-state index contributed by atoms with van der Waals surface area (Å²) in [5, 5.41) is 4.39. The van der Waals surface area contributed by atoms with Crippen LogP contribution in [0.25, 0.3) is 0 Å². The highest BCUT2D eigenvalue weighted by atomic mass is 15.4. The van der Waals surface area contributed by atoms with E-state index < -0.39 is 0 Å². The van der Waals surface area contributed by atoms with Crippen LogP contribution in [0.1, 0.15) is 18.5 Å². The molecular formula is C12H23N5. The maximum absolute atomic E-state index is 6.12. The Balaban J connectivity index is 2.22. The number of anilines is 2. The van der Waals surface area contributed by atoms with Crippen LogP contribution >= 0.6 is 0 Å². The molecule has 1 aliphatic rings. The van der Waals surface area contributed by atoms with E-state index in [2.05, 4.69) is 29.0 Å². The molecule has 2 N–H and O–H groups in total. The number of nitrogens with two attached hydrogens (primary N) is 1. The van der Waals surface area contributed by atoms with Gasteiger partial charge in [-0.2, -0.15) is 5.10 Å². The highest BCUT2D eigenvalue weighted by molar-refractivity contribution is 5.66. The summed E-state index contributed by atoms with van der Waals surface area (Å²) < 4.78 is 1.91. The minimum absolute atomic E-state index is 0.610. The van der Waals surface area contributed by atoms with Crippen molar-refractivity contribution in [1.82, 2.24) is 14.7 Å². The highest BCUT2D eigenvalue weighted by Crippen LogP contribution is 2.28. The Morgan fingerprint density at radius 1 is 1.41 bits per heavy atom. The van der Waals surface area contributed by atoms with E-state index in [9.17, 15) is 0 Å². The van der Waals surface area contributed by atoms with Crippen LogP contribution in [-0.2, 0) is 7.05 Å². The van der Waals surface area contributed by atoms with Gasteiger partial charge in [0.1, 0.15) is 5.82 Å². The lowest BCUT2D eigenvalue weighted by atomic mass is 10.0. The first kappa shape index (κ1) is 12.2. The maximum Gasteiger partial charge on any atom is 0.150 e. The van der Waals surface area contributed by atoms with Gasteiger partial charge in [0, 0.05) is 26.2 Å². The van der Waals surface area contributed by atoms with Crippen molar-refractivity contribution in [3.8, 4) is 0 Å². The van der Waals surface area contributed by atoms with Crippen molar-refractivity contribution in [2.75, 3.05) is 37.8 Å². The lowest BCUT2D eigenvalue weighted by molar-refractivity contribution is 0.257. The van der Waals surface area contributed by atoms with Crippen LogP contribution in [0, 0.1) is 6.92 Å². The molecule has 1 aromatic heterocycles. The van der Waals surface area contributed by atoms with Gasteiger partial charge in [-0.05, 0) is 33.9 Å². The maximum atomic E-state index is 6.12. The second-order valence-corrected chi connectivity index (χ2v) is 5.15. The van der Waals surface area contributed by atoms with Gasteiger partial charge < -0.3 is 15.5 Å². The summed E-state index contributed by atoms with van der Waals surface area (Å²) in [4.78, 5) is 4.66. The van der Waals surface area contributed by atoms with E-state index in [0.29, 0.717) is 6.04 Å². The highest BCUT2D eigenvalue weighted by Gasteiger charge is 2.25. The summed E-state index contributed by atoms with van der Waals surface area (Å²) in [6.45, 7) is 4.08. The van der Waals surface area contributed by atoms with Crippen LogP contribution in [0.15, 0.2) is 0 Å². The van der Waals surface area contributed by atoms with Gasteiger partial charge in [0.05, 0.1) is 11.4 Å². The smallest absolute Gasteiger partial charge is 0.150 e.